The summed E-state index contributed by atoms with van der Waals surface area (Å²) in [6.45, 7) is 2.63. The standard InChI is InChI=1S/C15H17NOS.ClH/c1-3-12(10-14-11-17-7-6-16-14)9-13(4-1)15-5-2-8-18-15;/h1-5,8-9,14,16H,6-7,10-11H2;1H/t14-;/m1./s1. The van der Waals surface area contributed by atoms with Crippen molar-refractivity contribution in [3.8, 4) is 10.4 Å². The Balaban J connectivity index is 0.00000133. The van der Waals surface area contributed by atoms with Crippen LogP contribution in [0.3, 0.4) is 0 Å². The third-order valence-corrected chi connectivity index (χ3v) is 4.13. The van der Waals surface area contributed by atoms with Crippen molar-refractivity contribution in [2.45, 2.75) is 12.5 Å². The van der Waals surface area contributed by atoms with E-state index in [1.807, 2.05) is 0 Å². The van der Waals surface area contributed by atoms with Crippen molar-refractivity contribution in [3.05, 3.63) is 47.3 Å². The number of hydrogen-bond acceptors (Lipinski definition) is 3. The summed E-state index contributed by atoms with van der Waals surface area (Å²) in [6, 6.07) is 13.6. The van der Waals surface area contributed by atoms with Crippen LogP contribution >= 0.6 is 23.7 Å². The van der Waals surface area contributed by atoms with Gasteiger partial charge in [0.15, 0.2) is 0 Å². The molecule has 19 heavy (non-hydrogen) atoms. The van der Waals surface area contributed by atoms with Crippen LogP contribution < -0.4 is 5.32 Å². The highest BCUT2D eigenvalue weighted by Gasteiger charge is 2.13. The molecule has 2 aromatic rings. The molecule has 0 saturated carbocycles. The highest BCUT2D eigenvalue weighted by atomic mass is 35.5. The van der Waals surface area contributed by atoms with Crippen LogP contribution in [0.15, 0.2) is 41.8 Å². The van der Waals surface area contributed by atoms with Gasteiger partial charge in [0.25, 0.3) is 0 Å². The van der Waals surface area contributed by atoms with E-state index in [0.717, 1.165) is 26.2 Å². The lowest BCUT2D eigenvalue weighted by Crippen LogP contribution is -2.42. The fourth-order valence-corrected chi connectivity index (χ4v) is 3.05. The van der Waals surface area contributed by atoms with Gasteiger partial charge in [0.1, 0.15) is 0 Å². The molecule has 1 aliphatic rings. The first-order chi connectivity index (χ1) is 8.92. The SMILES string of the molecule is Cl.c1cc(C[C@@H]2COCCN2)cc(-c2cccs2)c1. The van der Waals surface area contributed by atoms with Gasteiger partial charge in [0.05, 0.1) is 13.2 Å². The Morgan fingerprint density at radius 3 is 2.95 bits per heavy atom. The Bertz CT molecular complexity index is 495. The number of thiophene rings is 1. The summed E-state index contributed by atoms with van der Waals surface area (Å²) in [4.78, 5) is 1.34. The van der Waals surface area contributed by atoms with E-state index in [-0.39, 0.29) is 12.4 Å². The largest absolute Gasteiger partial charge is 0.379 e. The average molecular weight is 296 g/mol. The zero-order valence-corrected chi connectivity index (χ0v) is 12.3. The molecular weight excluding hydrogens is 278 g/mol. The van der Waals surface area contributed by atoms with Crippen LogP contribution in [0.2, 0.25) is 0 Å². The van der Waals surface area contributed by atoms with Gasteiger partial charge in [0, 0.05) is 17.5 Å². The van der Waals surface area contributed by atoms with Gasteiger partial charge < -0.3 is 10.1 Å². The van der Waals surface area contributed by atoms with E-state index in [4.69, 9.17) is 4.74 Å². The number of nitrogens with one attached hydrogen (secondary N) is 1. The van der Waals surface area contributed by atoms with Gasteiger partial charge in [-0.05, 0) is 29.0 Å². The maximum absolute atomic E-state index is 5.50. The first-order valence-corrected chi connectivity index (χ1v) is 7.24. The smallest absolute Gasteiger partial charge is 0.0623 e. The molecule has 0 aliphatic carbocycles. The lowest BCUT2D eigenvalue weighted by Gasteiger charge is -2.23. The third kappa shape index (κ3) is 3.80. The van der Waals surface area contributed by atoms with Crippen molar-refractivity contribution in [2.24, 2.45) is 0 Å². The van der Waals surface area contributed by atoms with Gasteiger partial charge in [-0.1, -0.05) is 30.3 Å². The fourth-order valence-electron chi connectivity index (χ4n) is 2.33. The number of morpholine rings is 1. The highest BCUT2D eigenvalue weighted by Crippen LogP contribution is 2.25. The van der Waals surface area contributed by atoms with Crippen LogP contribution in [0.4, 0.5) is 0 Å². The zero-order chi connectivity index (χ0) is 12.2. The lowest BCUT2D eigenvalue weighted by atomic mass is 10.0. The zero-order valence-electron chi connectivity index (χ0n) is 10.7. The molecule has 0 bridgehead atoms. The summed E-state index contributed by atoms with van der Waals surface area (Å²) in [5.41, 5.74) is 2.70. The van der Waals surface area contributed by atoms with Crippen LogP contribution in [-0.4, -0.2) is 25.8 Å². The van der Waals surface area contributed by atoms with Crippen molar-refractivity contribution in [1.82, 2.24) is 5.32 Å². The van der Waals surface area contributed by atoms with Crippen LogP contribution in [0.25, 0.3) is 10.4 Å². The van der Waals surface area contributed by atoms with Crippen LogP contribution in [0, 0.1) is 0 Å². The van der Waals surface area contributed by atoms with Gasteiger partial charge in [0.2, 0.25) is 0 Å². The molecule has 1 N–H and O–H groups in total. The maximum atomic E-state index is 5.50. The van der Waals surface area contributed by atoms with E-state index in [0.29, 0.717) is 6.04 Å². The van der Waals surface area contributed by atoms with Gasteiger partial charge in [-0.3, -0.25) is 0 Å². The van der Waals surface area contributed by atoms with Gasteiger partial charge in [-0.25, -0.2) is 0 Å². The van der Waals surface area contributed by atoms with E-state index in [9.17, 15) is 0 Å². The van der Waals surface area contributed by atoms with Crippen molar-refractivity contribution >= 4 is 23.7 Å². The maximum Gasteiger partial charge on any atom is 0.0623 e. The Morgan fingerprint density at radius 1 is 1.26 bits per heavy atom. The number of hydrogen-bond donors (Lipinski definition) is 1. The van der Waals surface area contributed by atoms with Crippen LogP contribution in [-0.2, 0) is 11.2 Å². The molecule has 0 amide bonds. The first kappa shape index (κ1) is 14.5. The number of ether oxygens (including phenoxy) is 1. The Kier molecular flexibility index (Phi) is 5.40. The lowest BCUT2D eigenvalue weighted by molar-refractivity contribution is 0.0770. The molecule has 102 valence electrons. The quantitative estimate of drug-likeness (QED) is 0.937. The summed E-state index contributed by atoms with van der Waals surface area (Å²) < 4.78 is 5.50. The number of benzene rings is 1. The molecule has 1 atom stereocenters. The minimum Gasteiger partial charge on any atom is -0.379 e. The summed E-state index contributed by atoms with van der Waals surface area (Å²) in [5, 5.41) is 5.62. The van der Waals surface area contributed by atoms with Crippen molar-refractivity contribution in [2.75, 3.05) is 19.8 Å². The van der Waals surface area contributed by atoms with E-state index in [1.54, 1.807) is 11.3 Å². The fraction of sp³-hybridized carbons (Fsp3) is 0.333. The molecule has 2 heterocycles. The Hall–Kier alpha value is -0.870. The summed E-state index contributed by atoms with van der Waals surface area (Å²) in [7, 11) is 0. The molecular formula is C15H18ClNOS. The monoisotopic (exact) mass is 295 g/mol. The van der Waals surface area contributed by atoms with E-state index in [1.165, 1.54) is 16.0 Å². The molecule has 1 fully saturated rings. The Morgan fingerprint density at radius 2 is 2.21 bits per heavy atom. The molecule has 3 rings (SSSR count). The van der Waals surface area contributed by atoms with Gasteiger partial charge in [-0.2, -0.15) is 0 Å². The Labute approximate surface area is 124 Å². The first-order valence-electron chi connectivity index (χ1n) is 6.36. The van der Waals surface area contributed by atoms with Crippen molar-refractivity contribution in [3.63, 3.8) is 0 Å². The molecule has 1 aromatic carbocycles. The van der Waals surface area contributed by atoms with Crippen molar-refractivity contribution < 1.29 is 4.74 Å². The predicted octanol–water partition coefficient (Wildman–Crippen LogP) is 3.37. The molecule has 0 unspecified atom stereocenters. The van der Waals surface area contributed by atoms with E-state index >= 15 is 0 Å². The molecule has 1 aromatic heterocycles. The van der Waals surface area contributed by atoms with Gasteiger partial charge in [-0.15, -0.1) is 23.7 Å². The highest BCUT2D eigenvalue weighted by molar-refractivity contribution is 7.13. The molecule has 1 saturated heterocycles. The molecule has 4 heteroatoms. The normalized spacial score (nSPS) is 18.8. The number of halogens is 1. The second-order valence-electron chi connectivity index (χ2n) is 4.61. The summed E-state index contributed by atoms with van der Waals surface area (Å²) in [6.07, 6.45) is 1.04. The molecule has 1 aliphatic heterocycles. The minimum absolute atomic E-state index is 0. The molecule has 0 radical (unpaired) electrons. The van der Waals surface area contributed by atoms with E-state index in [2.05, 4.69) is 47.1 Å². The van der Waals surface area contributed by atoms with Crippen molar-refractivity contribution in [1.29, 1.82) is 0 Å². The predicted molar refractivity (Wildman–Crippen MR) is 83.3 cm³/mol. The third-order valence-electron chi connectivity index (χ3n) is 3.21. The summed E-state index contributed by atoms with van der Waals surface area (Å²) in [5.74, 6) is 0. The van der Waals surface area contributed by atoms with E-state index < -0.39 is 0 Å². The molecule has 0 spiro atoms. The second kappa shape index (κ2) is 7.06. The number of rotatable bonds is 3. The average Bonchev–Trinajstić information content (AvgIpc) is 2.94. The van der Waals surface area contributed by atoms with Crippen LogP contribution in [0.1, 0.15) is 5.56 Å². The summed E-state index contributed by atoms with van der Waals surface area (Å²) >= 11 is 1.79. The molecule has 2 nitrogen and oxygen atoms in total. The second-order valence-corrected chi connectivity index (χ2v) is 5.56. The topological polar surface area (TPSA) is 21.3 Å². The minimum atomic E-state index is 0. The van der Waals surface area contributed by atoms with Gasteiger partial charge >= 0.3 is 0 Å². The van der Waals surface area contributed by atoms with Crippen LogP contribution in [0.5, 0.6) is 0 Å².